The van der Waals surface area contributed by atoms with Crippen molar-refractivity contribution in [2.45, 2.75) is 39.8 Å². The van der Waals surface area contributed by atoms with E-state index in [0.29, 0.717) is 34.7 Å². The van der Waals surface area contributed by atoms with E-state index in [2.05, 4.69) is 15.4 Å². The number of aryl methyl sites for hydroxylation is 2. The van der Waals surface area contributed by atoms with Gasteiger partial charge in [0.25, 0.3) is 0 Å². The van der Waals surface area contributed by atoms with Gasteiger partial charge in [0.1, 0.15) is 29.9 Å². The second kappa shape index (κ2) is 8.98. The Kier molecular flexibility index (Phi) is 6.22. The normalized spacial score (nSPS) is 11.8. The van der Waals surface area contributed by atoms with Crippen LogP contribution in [0.1, 0.15) is 30.7 Å². The molecule has 3 aromatic heterocycles. The number of aromatic nitrogens is 3. The summed E-state index contributed by atoms with van der Waals surface area (Å²) in [6.45, 7) is 7.48. The topological polar surface area (TPSA) is 77.5 Å². The number of anilines is 1. The quantitative estimate of drug-likeness (QED) is 0.391. The molecule has 0 atom stereocenters. The number of ether oxygens (including phenoxy) is 1. The zero-order chi connectivity index (χ0) is 24.6. The molecule has 3 heterocycles. The van der Waals surface area contributed by atoms with Gasteiger partial charge in [0.05, 0.1) is 23.0 Å². The van der Waals surface area contributed by atoms with E-state index in [-0.39, 0.29) is 18.1 Å². The molecule has 0 radical (unpaired) electrons. The third kappa shape index (κ3) is 4.84. The second-order valence-electron chi connectivity index (χ2n) is 9.01. The van der Waals surface area contributed by atoms with Gasteiger partial charge in [-0.3, -0.25) is 0 Å². The first-order valence-corrected chi connectivity index (χ1v) is 10.8. The standard InChI is InChI=1S/C25H26F3N5O/c1-14-8-21-24(16-10-22(30-11-20(16)28)31-13-25(3,4)29)15(2)32-33(21)23(9-14)34-12-17-18(26)6-5-7-19(17)27/h5-11H,12-13,29H2,1-4H3,(H,30,31). The number of rotatable bonds is 7. The van der Waals surface area contributed by atoms with E-state index in [0.717, 1.165) is 11.8 Å². The lowest BCUT2D eigenvalue weighted by atomic mass is 10.0. The van der Waals surface area contributed by atoms with Gasteiger partial charge in [-0.2, -0.15) is 5.10 Å². The minimum absolute atomic E-state index is 0.181. The van der Waals surface area contributed by atoms with Crippen LogP contribution in [-0.4, -0.2) is 26.7 Å². The number of hydrogen-bond donors (Lipinski definition) is 2. The van der Waals surface area contributed by atoms with E-state index in [9.17, 15) is 13.2 Å². The van der Waals surface area contributed by atoms with E-state index in [1.54, 1.807) is 19.1 Å². The fraction of sp³-hybridized carbons (Fsp3) is 0.280. The number of nitrogens with one attached hydrogen (secondary N) is 1. The number of benzene rings is 1. The molecule has 4 rings (SSSR count). The zero-order valence-electron chi connectivity index (χ0n) is 19.4. The SMILES string of the molecule is Cc1cc(OCc2c(F)cccc2F)n2nc(C)c(-c3cc(NCC(C)(C)N)ncc3F)c2c1. The zero-order valence-corrected chi connectivity index (χ0v) is 19.4. The molecule has 1 aromatic carbocycles. The minimum atomic E-state index is -0.694. The number of fused-ring (bicyclic) bond motifs is 1. The molecule has 4 aromatic rings. The number of halogens is 3. The Hall–Kier alpha value is -3.59. The third-order valence-corrected chi connectivity index (χ3v) is 5.30. The van der Waals surface area contributed by atoms with Gasteiger partial charge in [-0.1, -0.05) is 6.07 Å². The maximum atomic E-state index is 14.9. The molecule has 0 aliphatic carbocycles. The molecule has 0 bridgehead atoms. The van der Waals surface area contributed by atoms with Crippen LogP contribution >= 0.6 is 0 Å². The average Bonchev–Trinajstić information content (AvgIpc) is 3.08. The number of nitrogens with two attached hydrogens (primary N) is 1. The maximum Gasteiger partial charge on any atom is 0.215 e. The van der Waals surface area contributed by atoms with Crippen molar-refractivity contribution in [3.8, 4) is 17.0 Å². The van der Waals surface area contributed by atoms with Gasteiger partial charge in [-0.25, -0.2) is 22.7 Å². The van der Waals surface area contributed by atoms with Crippen LogP contribution in [0.4, 0.5) is 19.0 Å². The lowest BCUT2D eigenvalue weighted by Crippen LogP contribution is -2.39. The third-order valence-electron chi connectivity index (χ3n) is 5.30. The van der Waals surface area contributed by atoms with Crippen LogP contribution in [0.25, 0.3) is 16.6 Å². The van der Waals surface area contributed by atoms with Gasteiger partial charge in [0.2, 0.25) is 5.88 Å². The summed E-state index contributed by atoms with van der Waals surface area (Å²) in [7, 11) is 0. The van der Waals surface area contributed by atoms with Gasteiger partial charge in [0, 0.05) is 29.3 Å². The molecule has 0 spiro atoms. The molecule has 0 saturated heterocycles. The Morgan fingerprint density at radius 1 is 1.06 bits per heavy atom. The summed E-state index contributed by atoms with van der Waals surface area (Å²) in [6.07, 6.45) is 1.15. The summed E-state index contributed by atoms with van der Waals surface area (Å²) >= 11 is 0. The summed E-state index contributed by atoms with van der Waals surface area (Å²) in [5.41, 5.74) is 8.23. The van der Waals surface area contributed by atoms with Crippen molar-refractivity contribution >= 4 is 11.3 Å². The number of hydrogen-bond acceptors (Lipinski definition) is 5. The Morgan fingerprint density at radius 2 is 1.76 bits per heavy atom. The van der Waals surface area contributed by atoms with Crippen molar-refractivity contribution in [1.82, 2.24) is 14.6 Å². The van der Waals surface area contributed by atoms with Crippen molar-refractivity contribution in [3.63, 3.8) is 0 Å². The number of nitrogens with zero attached hydrogens (tertiary/aromatic N) is 3. The largest absolute Gasteiger partial charge is 0.473 e. The van der Waals surface area contributed by atoms with Crippen molar-refractivity contribution < 1.29 is 17.9 Å². The van der Waals surface area contributed by atoms with Crippen molar-refractivity contribution in [2.75, 3.05) is 11.9 Å². The highest BCUT2D eigenvalue weighted by Gasteiger charge is 2.20. The molecule has 178 valence electrons. The Morgan fingerprint density at radius 3 is 2.44 bits per heavy atom. The molecule has 0 saturated carbocycles. The summed E-state index contributed by atoms with van der Waals surface area (Å²) < 4.78 is 50.3. The molecule has 0 aliphatic heterocycles. The smallest absolute Gasteiger partial charge is 0.215 e. The van der Waals surface area contributed by atoms with Crippen molar-refractivity contribution in [3.05, 3.63) is 76.9 Å². The summed E-state index contributed by atoms with van der Waals surface area (Å²) in [4.78, 5) is 4.11. The van der Waals surface area contributed by atoms with Gasteiger partial charge < -0.3 is 15.8 Å². The molecule has 34 heavy (non-hydrogen) atoms. The van der Waals surface area contributed by atoms with Gasteiger partial charge in [0.15, 0.2) is 0 Å². The highest BCUT2D eigenvalue weighted by Crippen LogP contribution is 2.34. The number of pyridine rings is 2. The summed E-state index contributed by atoms with van der Waals surface area (Å²) in [5, 5.41) is 7.65. The average molecular weight is 470 g/mol. The first-order valence-electron chi connectivity index (χ1n) is 10.8. The molecular formula is C25H26F3N5O. The summed E-state index contributed by atoms with van der Waals surface area (Å²) in [6, 6.07) is 8.82. The van der Waals surface area contributed by atoms with Crippen LogP contribution in [0.5, 0.6) is 5.88 Å². The predicted molar refractivity (Wildman–Crippen MR) is 125 cm³/mol. The predicted octanol–water partition coefficient (Wildman–Crippen LogP) is 5.16. The minimum Gasteiger partial charge on any atom is -0.473 e. The highest BCUT2D eigenvalue weighted by atomic mass is 19.1. The van der Waals surface area contributed by atoms with Gasteiger partial charge in [-0.05, 0) is 57.5 Å². The molecule has 0 fully saturated rings. The second-order valence-corrected chi connectivity index (χ2v) is 9.01. The van der Waals surface area contributed by atoms with Gasteiger partial charge >= 0.3 is 0 Å². The first kappa shape index (κ1) is 23.6. The van der Waals surface area contributed by atoms with E-state index >= 15 is 0 Å². The van der Waals surface area contributed by atoms with Crippen molar-refractivity contribution in [1.29, 1.82) is 0 Å². The van der Waals surface area contributed by atoms with Crippen LogP contribution in [0.2, 0.25) is 0 Å². The van der Waals surface area contributed by atoms with Crippen LogP contribution in [0, 0.1) is 31.3 Å². The lowest BCUT2D eigenvalue weighted by molar-refractivity contribution is 0.274. The Labute approximate surface area is 195 Å². The highest BCUT2D eigenvalue weighted by molar-refractivity contribution is 5.84. The van der Waals surface area contributed by atoms with Crippen LogP contribution in [0.15, 0.2) is 42.6 Å². The Balaban J connectivity index is 1.75. The van der Waals surface area contributed by atoms with Crippen LogP contribution in [0.3, 0.4) is 0 Å². The van der Waals surface area contributed by atoms with Crippen LogP contribution in [-0.2, 0) is 6.61 Å². The molecule has 6 nitrogen and oxygen atoms in total. The molecule has 0 aliphatic rings. The van der Waals surface area contributed by atoms with E-state index < -0.39 is 23.0 Å². The monoisotopic (exact) mass is 469 g/mol. The molecular weight excluding hydrogens is 443 g/mol. The molecule has 9 heteroatoms. The Bertz CT molecular complexity index is 1340. The fourth-order valence-electron chi connectivity index (χ4n) is 3.66. The van der Waals surface area contributed by atoms with Crippen LogP contribution < -0.4 is 15.8 Å². The van der Waals surface area contributed by atoms with E-state index in [4.69, 9.17) is 10.5 Å². The van der Waals surface area contributed by atoms with E-state index in [1.807, 2.05) is 26.8 Å². The fourth-order valence-corrected chi connectivity index (χ4v) is 3.66. The first-order chi connectivity index (χ1) is 16.0. The van der Waals surface area contributed by atoms with Gasteiger partial charge in [-0.15, -0.1) is 0 Å². The summed E-state index contributed by atoms with van der Waals surface area (Å²) in [5.74, 6) is -1.13. The van der Waals surface area contributed by atoms with E-state index in [1.165, 1.54) is 22.7 Å². The maximum absolute atomic E-state index is 14.9. The molecule has 0 unspecified atom stereocenters. The lowest BCUT2D eigenvalue weighted by Gasteiger charge is -2.19. The molecule has 0 amide bonds. The molecule has 3 N–H and O–H groups in total. The van der Waals surface area contributed by atoms with Crippen molar-refractivity contribution in [2.24, 2.45) is 5.73 Å².